The Balaban J connectivity index is 1.57. The van der Waals surface area contributed by atoms with Crippen molar-refractivity contribution < 1.29 is 19.1 Å². The first-order valence-electron chi connectivity index (χ1n) is 9.80. The molecule has 4 aliphatic carbocycles. The van der Waals surface area contributed by atoms with Crippen LogP contribution in [0.1, 0.15) is 50.2 Å². The van der Waals surface area contributed by atoms with Crippen molar-refractivity contribution in [1.82, 2.24) is 10.6 Å². The largest absolute Gasteiger partial charge is 0.447 e. The van der Waals surface area contributed by atoms with Crippen molar-refractivity contribution in [3.8, 4) is 0 Å². The van der Waals surface area contributed by atoms with Crippen LogP contribution in [0.4, 0.5) is 4.79 Å². The van der Waals surface area contributed by atoms with Gasteiger partial charge in [0.2, 0.25) is 6.10 Å². The van der Waals surface area contributed by atoms with Gasteiger partial charge in [-0.2, -0.15) is 0 Å². The third kappa shape index (κ3) is 3.50. The van der Waals surface area contributed by atoms with Gasteiger partial charge in [-0.1, -0.05) is 30.3 Å². The van der Waals surface area contributed by atoms with Crippen LogP contribution in [0.5, 0.6) is 0 Å². The molecular formula is C21H25ClN2O4. The maximum absolute atomic E-state index is 13.3. The van der Waals surface area contributed by atoms with Crippen LogP contribution < -0.4 is 10.6 Å². The van der Waals surface area contributed by atoms with Crippen LogP contribution in [0.2, 0.25) is 0 Å². The fraction of sp³-hybridized carbons (Fsp3) is 0.571. The van der Waals surface area contributed by atoms with E-state index < -0.39 is 23.5 Å². The predicted octanol–water partition coefficient (Wildman–Crippen LogP) is 3.30. The Labute approximate surface area is 169 Å². The van der Waals surface area contributed by atoms with E-state index in [1.807, 2.05) is 6.07 Å². The highest BCUT2D eigenvalue weighted by molar-refractivity contribution is 6.24. The Morgan fingerprint density at radius 2 is 1.75 bits per heavy atom. The van der Waals surface area contributed by atoms with Gasteiger partial charge < -0.3 is 10.1 Å². The number of rotatable bonds is 4. The molecule has 3 amide bonds. The lowest BCUT2D eigenvalue weighted by Gasteiger charge is -2.58. The molecule has 0 saturated heterocycles. The standard InChI is InChI=1S/C21H25ClN2O4/c1-23-19(27)24-17(25)16(15-5-3-2-4-6-15)28-18(26)20-8-13-7-14(9-20)11-21(22,10-13)12-20/h2-6,13-14,16H,7-12H2,1H3,(H2,23,24,25,27)/t13-,14+,16-,20?,21?/m1/s1. The molecule has 4 saturated carbocycles. The fourth-order valence-electron chi connectivity index (χ4n) is 5.76. The molecule has 0 radical (unpaired) electrons. The number of amides is 3. The van der Waals surface area contributed by atoms with E-state index in [2.05, 4.69) is 10.6 Å². The topological polar surface area (TPSA) is 84.5 Å². The molecule has 4 bridgehead atoms. The van der Waals surface area contributed by atoms with Crippen molar-refractivity contribution in [1.29, 1.82) is 0 Å². The molecule has 1 aromatic carbocycles. The number of urea groups is 1. The first-order chi connectivity index (χ1) is 13.3. The predicted molar refractivity (Wildman–Crippen MR) is 104 cm³/mol. The Hall–Kier alpha value is -2.08. The van der Waals surface area contributed by atoms with Crippen molar-refractivity contribution in [3.05, 3.63) is 35.9 Å². The molecular weight excluding hydrogens is 380 g/mol. The molecule has 5 atom stereocenters. The number of hydrogen-bond acceptors (Lipinski definition) is 4. The highest BCUT2D eigenvalue weighted by Gasteiger charge is 2.61. The average molecular weight is 405 g/mol. The number of halogens is 1. The van der Waals surface area contributed by atoms with Crippen LogP contribution in [0.3, 0.4) is 0 Å². The minimum atomic E-state index is -1.18. The number of nitrogens with one attached hydrogen (secondary N) is 2. The smallest absolute Gasteiger partial charge is 0.321 e. The molecule has 1 aromatic rings. The average Bonchev–Trinajstić information content (AvgIpc) is 2.64. The summed E-state index contributed by atoms with van der Waals surface area (Å²) in [5.41, 5.74) is -0.0887. The third-order valence-corrected chi connectivity index (χ3v) is 6.89. The van der Waals surface area contributed by atoms with Gasteiger partial charge in [-0.25, -0.2) is 4.79 Å². The summed E-state index contributed by atoms with van der Waals surface area (Å²) in [4.78, 5) is 37.3. The van der Waals surface area contributed by atoms with Gasteiger partial charge in [0.05, 0.1) is 5.41 Å². The van der Waals surface area contributed by atoms with Crippen molar-refractivity contribution in [2.45, 2.75) is 49.5 Å². The third-order valence-electron chi connectivity index (χ3n) is 6.45. The lowest BCUT2D eigenvalue weighted by Crippen LogP contribution is -2.56. The lowest BCUT2D eigenvalue weighted by molar-refractivity contribution is -0.178. The maximum Gasteiger partial charge on any atom is 0.321 e. The summed E-state index contributed by atoms with van der Waals surface area (Å²) in [6.07, 6.45) is 4.02. The van der Waals surface area contributed by atoms with Crippen molar-refractivity contribution in [2.24, 2.45) is 17.3 Å². The molecule has 0 aromatic heterocycles. The Bertz CT molecular complexity index is 783. The zero-order valence-electron chi connectivity index (χ0n) is 15.9. The second-order valence-electron chi connectivity index (χ2n) is 8.66. The zero-order valence-corrected chi connectivity index (χ0v) is 16.6. The van der Waals surface area contributed by atoms with E-state index in [-0.39, 0.29) is 10.8 Å². The number of alkyl halides is 1. The number of benzene rings is 1. The molecule has 4 aliphatic rings. The Morgan fingerprint density at radius 3 is 2.32 bits per heavy atom. The molecule has 0 aliphatic heterocycles. The number of carbonyl (C=O) groups excluding carboxylic acids is 3. The van der Waals surface area contributed by atoms with Gasteiger partial charge in [-0.3, -0.25) is 14.9 Å². The molecule has 2 unspecified atom stereocenters. The molecule has 4 fully saturated rings. The summed E-state index contributed by atoms with van der Waals surface area (Å²) in [7, 11) is 1.42. The molecule has 7 heteroatoms. The van der Waals surface area contributed by atoms with Crippen molar-refractivity contribution >= 4 is 29.5 Å². The summed E-state index contributed by atoms with van der Waals surface area (Å²) in [6, 6.07) is 8.13. The molecule has 0 heterocycles. The zero-order chi connectivity index (χ0) is 19.9. The van der Waals surface area contributed by atoms with Crippen LogP contribution in [0, 0.1) is 17.3 Å². The lowest BCUT2D eigenvalue weighted by atomic mass is 9.49. The number of esters is 1. The quantitative estimate of drug-likeness (QED) is 0.595. The van der Waals surface area contributed by atoms with E-state index in [0.29, 0.717) is 23.8 Å². The number of imide groups is 1. The van der Waals surface area contributed by atoms with E-state index in [9.17, 15) is 14.4 Å². The van der Waals surface area contributed by atoms with E-state index in [4.69, 9.17) is 16.3 Å². The van der Waals surface area contributed by atoms with Gasteiger partial charge >= 0.3 is 12.0 Å². The van der Waals surface area contributed by atoms with Crippen LogP contribution in [-0.2, 0) is 14.3 Å². The first kappa shape index (κ1) is 19.2. The van der Waals surface area contributed by atoms with Crippen molar-refractivity contribution in [3.63, 3.8) is 0 Å². The minimum Gasteiger partial charge on any atom is -0.447 e. The summed E-state index contributed by atoms with van der Waals surface area (Å²) in [6.45, 7) is 0. The molecule has 28 heavy (non-hydrogen) atoms. The molecule has 0 spiro atoms. The van der Waals surface area contributed by atoms with Crippen LogP contribution in [0.15, 0.2) is 30.3 Å². The maximum atomic E-state index is 13.3. The molecule has 5 rings (SSSR count). The van der Waals surface area contributed by atoms with Crippen LogP contribution in [0.25, 0.3) is 0 Å². The minimum absolute atomic E-state index is 0.324. The SMILES string of the molecule is CNC(=O)NC(=O)[C@H](OC(=O)C12C[C@@H]3C[C@@H](CC(Cl)(C3)C1)C2)c1ccccc1. The second-order valence-corrected chi connectivity index (χ2v) is 9.46. The van der Waals surface area contributed by atoms with E-state index in [1.54, 1.807) is 24.3 Å². The first-order valence-corrected chi connectivity index (χ1v) is 10.2. The Morgan fingerprint density at radius 1 is 1.11 bits per heavy atom. The summed E-state index contributed by atoms with van der Waals surface area (Å²) < 4.78 is 5.78. The van der Waals surface area contributed by atoms with Crippen LogP contribution >= 0.6 is 11.6 Å². The monoisotopic (exact) mass is 404 g/mol. The van der Waals surface area contributed by atoms with E-state index >= 15 is 0 Å². The van der Waals surface area contributed by atoms with Crippen molar-refractivity contribution in [2.75, 3.05) is 7.05 Å². The second kappa shape index (κ2) is 7.07. The van der Waals surface area contributed by atoms with Gasteiger partial charge in [0.25, 0.3) is 5.91 Å². The van der Waals surface area contributed by atoms with E-state index in [1.165, 1.54) is 7.05 Å². The molecule has 2 N–H and O–H groups in total. The number of carbonyl (C=O) groups is 3. The highest BCUT2D eigenvalue weighted by Crippen LogP contribution is 2.64. The van der Waals surface area contributed by atoms with Gasteiger partial charge in [-0.15, -0.1) is 11.6 Å². The molecule has 6 nitrogen and oxygen atoms in total. The Kier molecular flexibility index (Phi) is 4.86. The van der Waals surface area contributed by atoms with E-state index in [0.717, 1.165) is 32.1 Å². The summed E-state index contributed by atoms with van der Waals surface area (Å²) in [5.74, 6) is -0.140. The number of hydrogen-bond donors (Lipinski definition) is 2. The summed E-state index contributed by atoms with van der Waals surface area (Å²) >= 11 is 6.83. The van der Waals surface area contributed by atoms with Gasteiger partial charge in [0.1, 0.15) is 0 Å². The summed E-state index contributed by atoms with van der Waals surface area (Å²) in [5, 5.41) is 4.56. The van der Waals surface area contributed by atoms with Gasteiger partial charge in [0.15, 0.2) is 0 Å². The normalized spacial score (nSPS) is 33.8. The molecule has 150 valence electrons. The number of ether oxygens (including phenoxy) is 1. The fourth-order valence-corrected chi connectivity index (χ4v) is 6.45. The van der Waals surface area contributed by atoms with Crippen LogP contribution in [-0.4, -0.2) is 29.8 Å². The van der Waals surface area contributed by atoms with Gasteiger partial charge in [-0.05, 0) is 50.4 Å². The highest BCUT2D eigenvalue weighted by atomic mass is 35.5. The van der Waals surface area contributed by atoms with Gasteiger partial charge in [0, 0.05) is 17.5 Å².